The molecule has 1 radical (unpaired) electrons. The molecule has 57 valence electrons. The second-order valence-electron chi connectivity index (χ2n) is 2.31. The molecule has 0 spiro atoms. The monoisotopic (exact) mass is 156 g/mol. The normalized spacial score (nSPS) is 9.67. The van der Waals surface area contributed by atoms with Gasteiger partial charge in [0.25, 0.3) is 0 Å². The van der Waals surface area contributed by atoms with Crippen LogP contribution in [0.15, 0.2) is 36.9 Å². The molecule has 0 N–H and O–H groups in total. The van der Waals surface area contributed by atoms with Gasteiger partial charge in [-0.3, -0.25) is 4.98 Å². The van der Waals surface area contributed by atoms with Crippen molar-refractivity contribution in [2.45, 2.75) is 0 Å². The lowest BCUT2D eigenvalue weighted by molar-refractivity contribution is 1.15. The summed E-state index contributed by atoms with van der Waals surface area (Å²) in [5.41, 5.74) is 2.05. The molecule has 0 aliphatic rings. The van der Waals surface area contributed by atoms with E-state index in [9.17, 15) is 0 Å². The van der Waals surface area contributed by atoms with E-state index in [1.54, 1.807) is 24.8 Å². The van der Waals surface area contributed by atoms with E-state index < -0.39 is 0 Å². The minimum absolute atomic E-state index is 0.983. The van der Waals surface area contributed by atoms with Gasteiger partial charge < -0.3 is 0 Å². The van der Waals surface area contributed by atoms with Crippen LogP contribution < -0.4 is 0 Å². The van der Waals surface area contributed by atoms with Gasteiger partial charge in [-0.25, -0.2) is 9.97 Å². The van der Waals surface area contributed by atoms with E-state index in [0.717, 1.165) is 11.1 Å². The van der Waals surface area contributed by atoms with Gasteiger partial charge in [0.05, 0.1) is 0 Å². The average molecular weight is 156 g/mol. The molecule has 0 saturated carbocycles. The van der Waals surface area contributed by atoms with Gasteiger partial charge in [-0.1, -0.05) is 0 Å². The zero-order chi connectivity index (χ0) is 8.23. The van der Waals surface area contributed by atoms with Crippen molar-refractivity contribution in [2.24, 2.45) is 0 Å². The van der Waals surface area contributed by atoms with Crippen LogP contribution in [0.1, 0.15) is 0 Å². The van der Waals surface area contributed by atoms with Crippen molar-refractivity contribution in [3.05, 3.63) is 43.2 Å². The smallest absolute Gasteiger partial charge is 0.197 e. The third-order valence-electron chi connectivity index (χ3n) is 1.54. The topological polar surface area (TPSA) is 38.7 Å². The van der Waals surface area contributed by atoms with Crippen molar-refractivity contribution in [3.8, 4) is 11.1 Å². The molecule has 0 saturated heterocycles. The van der Waals surface area contributed by atoms with Gasteiger partial charge in [0.2, 0.25) is 0 Å². The second kappa shape index (κ2) is 3.09. The summed E-state index contributed by atoms with van der Waals surface area (Å²) in [4.78, 5) is 11.5. The predicted molar refractivity (Wildman–Crippen MR) is 44.1 cm³/mol. The van der Waals surface area contributed by atoms with Crippen LogP contribution in [0.2, 0.25) is 0 Å². The fourth-order valence-corrected chi connectivity index (χ4v) is 0.957. The summed E-state index contributed by atoms with van der Waals surface area (Å²) < 4.78 is 0. The summed E-state index contributed by atoms with van der Waals surface area (Å²) >= 11 is 0. The molecule has 0 aliphatic heterocycles. The van der Waals surface area contributed by atoms with Gasteiger partial charge in [0.1, 0.15) is 0 Å². The molecule has 0 fully saturated rings. The Bertz CT molecular complexity index is 307. The molecule has 12 heavy (non-hydrogen) atoms. The average Bonchev–Trinajstić information content (AvgIpc) is 2.21. The van der Waals surface area contributed by atoms with E-state index in [0.29, 0.717) is 0 Å². The van der Waals surface area contributed by atoms with Crippen LogP contribution in [-0.4, -0.2) is 15.0 Å². The lowest BCUT2D eigenvalue weighted by atomic mass is 10.1. The van der Waals surface area contributed by atoms with Crippen molar-refractivity contribution >= 4 is 0 Å². The SMILES string of the molecule is [c]1ncc(-c2ccncc2)cn1. The minimum atomic E-state index is 0.983. The number of aromatic nitrogens is 3. The first-order valence-electron chi connectivity index (χ1n) is 3.55. The maximum Gasteiger partial charge on any atom is 0.197 e. The van der Waals surface area contributed by atoms with Crippen molar-refractivity contribution in [1.29, 1.82) is 0 Å². The van der Waals surface area contributed by atoms with Crippen LogP contribution in [0.4, 0.5) is 0 Å². The highest BCUT2D eigenvalue weighted by Gasteiger charge is 1.94. The predicted octanol–water partition coefficient (Wildman–Crippen LogP) is 1.34. The molecule has 3 heteroatoms. The molecule has 0 aliphatic carbocycles. The van der Waals surface area contributed by atoms with Crippen LogP contribution in [-0.2, 0) is 0 Å². The van der Waals surface area contributed by atoms with Gasteiger partial charge in [-0.15, -0.1) is 0 Å². The van der Waals surface area contributed by atoms with Crippen LogP contribution in [0.25, 0.3) is 11.1 Å². The van der Waals surface area contributed by atoms with Gasteiger partial charge in [0.15, 0.2) is 6.33 Å². The van der Waals surface area contributed by atoms with Crippen molar-refractivity contribution < 1.29 is 0 Å². The fourth-order valence-electron chi connectivity index (χ4n) is 0.957. The summed E-state index contributed by atoms with van der Waals surface area (Å²) in [6, 6.07) is 3.83. The molecule has 0 atom stereocenters. The highest BCUT2D eigenvalue weighted by atomic mass is 14.8. The summed E-state index contributed by atoms with van der Waals surface area (Å²) in [7, 11) is 0. The number of rotatable bonds is 1. The summed E-state index contributed by atoms with van der Waals surface area (Å²) in [5, 5.41) is 0. The van der Waals surface area contributed by atoms with Gasteiger partial charge in [0, 0.05) is 30.4 Å². The van der Waals surface area contributed by atoms with Crippen molar-refractivity contribution in [3.63, 3.8) is 0 Å². The number of nitrogens with zero attached hydrogens (tertiary/aromatic N) is 3. The maximum atomic E-state index is 3.92. The van der Waals surface area contributed by atoms with Crippen LogP contribution in [0, 0.1) is 6.33 Å². The summed E-state index contributed by atoms with van der Waals surface area (Å²) in [5.74, 6) is 0. The molecule has 2 aromatic heterocycles. The third-order valence-corrected chi connectivity index (χ3v) is 1.54. The van der Waals surface area contributed by atoms with Gasteiger partial charge in [-0.2, -0.15) is 0 Å². The number of hydrogen-bond acceptors (Lipinski definition) is 3. The van der Waals surface area contributed by atoms with Crippen LogP contribution in [0.5, 0.6) is 0 Å². The zero-order valence-electron chi connectivity index (χ0n) is 6.31. The van der Waals surface area contributed by atoms with E-state index in [4.69, 9.17) is 0 Å². The fraction of sp³-hybridized carbons (Fsp3) is 0. The highest BCUT2D eigenvalue weighted by molar-refractivity contribution is 5.60. The Morgan fingerprint density at radius 1 is 0.917 bits per heavy atom. The van der Waals surface area contributed by atoms with Crippen LogP contribution in [0.3, 0.4) is 0 Å². The molecule has 0 bridgehead atoms. The first kappa shape index (κ1) is 6.91. The van der Waals surface area contributed by atoms with Gasteiger partial charge in [-0.05, 0) is 17.7 Å². The molecule has 0 unspecified atom stereocenters. The van der Waals surface area contributed by atoms with E-state index in [1.165, 1.54) is 0 Å². The second-order valence-corrected chi connectivity index (χ2v) is 2.31. The van der Waals surface area contributed by atoms with Crippen molar-refractivity contribution in [2.75, 3.05) is 0 Å². The van der Waals surface area contributed by atoms with E-state index in [2.05, 4.69) is 21.3 Å². The lowest BCUT2D eigenvalue weighted by Gasteiger charge is -1.96. The Kier molecular flexibility index (Phi) is 1.78. The molecule has 0 amide bonds. The lowest BCUT2D eigenvalue weighted by Crippen LogP contribution is -1.81. The largest absolute Gasteiger partial charge is 0.265 e. The van der Waals surface area contributed by atoms with Crippen molar-refractivity contribution in [1.82, 2.24) is 15.0 Å². The zero-order valence-corrected chi connectivity index (χ0v) is 6.31. The molecule has 2 heterocycles. The Morgan fingerprint density at radius 3 is 2.25 bits per heavy atom. The molecule has 3 nitrogen and oxygen atoms in total. The Morgan fingerprint density at radius 2 is 1.58 bits per heavy atom. The molecule has 2 rings (SSSR count). The Labute approximate surface area is 70.1 Å². The summed E-state index contributed by atoms with van der Waals surface area (Å²) in [6.07, 6.45) is 9.42. The molecular formula is C9H6N3. The van der Waals surface area contributed by atoms with E-state index in [-0.39, 0.29) is 0 Å². The molecule has 0 aromatic carbocycles. The minimum Gasteiger partial charge on any atom is -0.265 e. The molecular weight excluding hydrogens is 150 g/mol. The quantitative estimate of drug-likeness (QED) is 0.625. The van der Waals surface area contributed by atoms with E-state index >= 15 is 0 Å². The number of pyridine rings is 1. The standard InChI is InChI=1S/C9H6N3/c1-3-10-4-2-8(1)9-5-11-7-12-6-9/h1-6H. The summed E-state index contributed by atoms with van der Waals surface area (Å²) in [6.45, 7) is 0. The number of hydrogen-bond donors (Lipinski definition) is 0. The molecule has 2 aromatic rings. The van der Waals surface area contributed by atoms with E-state index in [1.807, 2.05) is 12.1 Å². The first-order chi connectivity index (χ1) is 5.97. The van der Waals surface area contributed by atoms with Gasteiger partial charge >= 0.3 is 0 Å². The van der Waals surface area contributed by atoms with Crippen LogP contribution >= 0.6 is 0 Å². The Balaban J connectivity index is 2.46. The highest BCUT2D eigenvalue weighted by Crippen LogP contribution is 2.14. The first-order valence-corrected chi connectivity index (χ1v) is 3.55. The maximum absolute atomic E-state index is 3.92. The Hall–Kier alpha value is -1.77. The third kappa shape index (κ3) is 1.29.